The number of nitrogens with one attached hydrogen (secondary N) is 1. The minimum atomic E-state index is 0.726. The lowest BCUT2D eigenvalue weighted by Gasteiger charge is -2.08. The van der Waals surface area contributed by atoms with E-state index in [0.29, 0.717) is 0 Å². The van der Waals surface area contributed by atoms with Crippen molar-refractivity contribution in [2.75, 3.05) is 12.4 Å². The maximum atomic E-state index is 5.16. The summed E-state index contributed by atoms with van der Waals surface area (Å²) in [5.74, 6) is 1.52. The molecule has 0 unspecified atom stereocenters. The van der Waals surface area contributed by atoms with Crippen molar-refractivity contribution in [3.05, 3.63) is 39.7 Å². The van der Waals surface area contributed by atoms with E-state index in [1.165, 1.54) is 6.33 Å². The number of rotatable bonds is 3. The highest BCUT2D eigenvalue weighted by atomic mass is 79.9. The number of halogens is 2. The van der Waals surface area contributed by atoms with Crippen LogP contribution in [0.1, 0.15) is 0 Å². The molecule has 0 aliphatic rings. The minimum absolute atomic E-state index is 0.726. The smallest absolute Gasteiger partial charge is 0.134 e. The molecule has 1 N–H and O–H groups in total. The Balaban J connectivity index is 2.22. The predicted molar refractivity (Wildman–Crippen MR) is 73.7 cm³/mol. The van der Waals surface area contributed by atoms with Crippen molar-refractivity contribution in [1.82, 2.24) is 9.97 Å². The minimum Gasteiger partial charge on any atom is -0.496 e. The van der Waals surface area contributed by atoms with Gasteiger partial charge < -0.3 is 10.1 Å². The van der Waals surface area contributed by atoms with Crippen molar-refractivity contribution in [2.24, 2.45) is 0 Å². The van der Waals surface area contributed by atoms with Gasteiger partial charge >= 0.3 is 0 Å². The number of hydrogen-bond donors (Lipinski definition) is 1. The van der Waals surface area contributed by atoms with E-state index in [-0.39, 0.29) is 0 Å². The van der Waals surface area contributed by atoms with Crippen molar-refractivity contribution in [3.63, 3.8) is 0 Å². The molecule has 0 spiro atoms. The highest BCUT2D eigenvalue weighted by Gasteiger charge is 2.02. The lowest BCUT2D eigenvalue weighted by atomic mass is 10.3. The molecule has 0 aliphatic heterocycles. The molecule has 0 saturated heterocycles. The molecule has 17 heavy (non-hydrogen) atoms. The summed E-state index contributed by atoms with van der Waals surface area (Å²) in [6, 6.07) is 7.52. The van der Waals surface area contributed by atoms with Crippen molar-refractivity contribution < 1.29 is 4.74 Å². The number of benzene rings is 1. The monoisotopic (exact) mass is 357 g/mol. The second kappa shape index (κ2) is 5.46. The van der Waals surface area contributed by atoms with Gasteiger partial charge in [0.15, 0.2) is 0 Å². The summed E-state index contributed by atoms with van der Waals surface area (Å²) in [7, 11) is 1.63. The lowest BCUT2D eigenvalue weighted by Crippen LogP contribution is -1.94. The first-order chi connectivity index (χ1) is 8.19. The molecular weight excluding hydrogens is 350 g/mol. The van der Waals surface area contributed by atoms with Gasteiger partial charge in [0.25, 0.3) is 0 Å². The lowest BCUT2D eigenvalue weighted by molar-refractivity contribution is 0.412. The van der Waals surface area contributed by atoms with Crippen LogP contribution in [0.5, 0.6) is 5.75 Å². The van der Waals surface area contributed by atoms with Gasteiger partial charge in [-0.1, -0.05) is 0 Å². The zero-order chi connectivity index (χ0) is 12.3. The number of aromatic nitrogens is 2. The van der Waals surface area contributed by atoms with Gasteiger partial charge in [-0.2, -0.15) is 0 Å². The molecule has 1 aromatic carbocycles. The van der Waals surface area contributed by atoms with Crippen LogP contribution in [0.2, 0.25) is 0 Å². The molecular formula is C11H9Br2N3O. The van der Waals surface area contributed by atoms with E-state index in [0.717, 1.165) is 26.3 Å². The molecule has 0 saturated carbocycles. The zero-order valence-electron chi connectivity index (χ0n) is 8.95. The summed E-state index contributed by atoms with van der Waals surface area (Å²) in [4.78, 5) is 8.07. The fourth-order valence-corrected chi connectivity index (χ4v) is 2.14. The van der Waals surface area contributed by atoms with Crippen molar-refractivity contribution in [2.45, 2.75) is 0 Å². The molecule has 0 radical (unpaired) electrons. The average molecular weight is 359 g/mol. The summed E-state index contributed by atoms with van der Waals surface area (Å²) < 4.78 is 6.79. The average Bonchev–Trinajstić information content (AvgIpc) is 2.29. The third kappa shape index (κ3) is 3.17. The van der Waals surface area contributed by atoms with Crippen LogP contribution in [-0.4, -0.2) is 17.1 Å². The Labute approximate surface area is 116 Å². The highest BCUT2D eigenvalue weighted by Crippen LogP contribution is 2.29. The molecule has 0 amide bonds. The van der Waals surface area contributed by atoms with E-state index in [4.69, 9.17) is 4.74 Å². The van der Waals surface area contributed by atoms with Gasteiger partial charge in [0.2, 0.25) is 0 Å². The molecule has 2 aromatic rings. The fraction of sp³-hybridized carbons (Fsp3) is 0.0909. The molecule has 88 valence electrons. The molecule has 1 aromatic heterocycles. The number of hydrogen-bond acceptors (Lipinski definition) is 4. The maximum absolute atomic E-state index is 5.16. The van der Waals surface area contributed by atoms with E-state index in [1.54, 1.807) is 13.2 Å². The van der Waals surface area contributed by atoms with E-state index < -0.39 is 0 Å². The normalized spacial score (nSPS) is 10.1. The molecule has 1 heterocycles. The zero-order valence-corrected chi connectivity index (χ0v) is 12.1. The highest BCUT2D eigenvalue weighted by molar-refractivity contribution is 9.10. The third-order valence-electron chi connectivity index (χ3n) is 2.06. The van der Waals surface area contributed by atoms with Crippen LogP contribution < -0.4 is 10.1 Å². The number of methoxy groups -OCH3 is 1. The summed E-state index contributed by atoms with van der Waals surface area (Å²) in [6.07, 6.45) is 1.49. The van der Waals surface area contributed by atoms with Gasteiger partial charge in [0, 0.05) is 11.8 Å². The van der Waals surface area contributed by atoms with Crippen molar-refractivity contribution in [1.29, 1.82) is 0 Å². The van der Waals surface area contributed by atoms with E-state index in [1.807, 2.05) is 18.2 Å². The quantitative estimate of drug-likeness (QED) is 0.848. The molecule has 6 heteroatoms. The summed E-state index contributed by atoms with van der Waals surface area (Å²) in [5, 5.41) is 3.17. The first-order valence-corrected chi connectivity index (χ1v) is 6.36. The molecule has 0 aliphatic carbocycles. The number of ether oxygens (including phenoxy) is 1. The van der Waals surface area contributed by atoms with Gasteiger partial charge in [0.1, 0.15) is 22.5 Å². The van der Waals surface area contributed by atoms with Gasteiger partial charge in [-0.15, -0.1) is 0 Å². The Hall–Kier alpha value is -1.14. The number of nitrogens with zero attached hydrogens (tertiary/aromatic N) is 2. The van der Waals surface area contributed by atoms with Crippen LogP contribution >= 0.6 is 31.9 Å². The van der Waals surface area contributed by atoms with Crippen LogP contribution in [0.3, 0.4) is 0 Å². The molecule has 0 fully saturated rings. The Morgan fingerprint density at radius 3 is 2.65 bits per heavy atom. The Morgan fingerprint density at radius 2 is 2.00 bits per heavy atom. The maximum Gasteiger partial charge on any atom is 0.134 e. The summed E-state index contributed by atoms with van der Waals surface area (Å²) in [6.45, 7) is 0. The molecule has 0 atom stereocenters. The molecule has 2 rings (SSSR count). The Kier molecular flexibility index (Phi) is 3.96. The Bertz CT molecular complexity index is 534. The van der Waals surface area contributed by atoms with Crippen LogP contribution in [0.15, 0.2) is 39.7 Å². The van der Waals surface area contributed by atoms with Gasteiger partial charge in [-0.3, -0.25) is 0 Å². The van der Waals surface area contributed by atoms with Crippen LogP contribution in [-0.2, 0) is 0 Å². The third-order valence-corrected chi connectivity index (χ3v) is 3.11. The largest absolute Gasteiger partial charge is 0.496 e. The fourth-order valence-electron chi connectivity index (χ4n) is 1.29. The summed E-state index contributed by atoms with van der Waals surface area (Å²) in [5.41, 5.74) is 0.920. The standard InChI is InChI=1S/C11H9Br2N3O/c1-17-9-3-2-7(4-8(9)12)16-11-5-10(13)14-6-15-11/h2-6H,1H3,(H,14,15,16). The predicted octanol–water partition coefficient (Wildman–Crippen LogP) is 3.75. The first kappa shape index (κ1) is 12.3. The molecule has 0 bridgehead atoms. The van der Waals surface area contributed by atoms with Crippen LogP contribution in [0, 0.1) is 0 Å². The first-order valence-electron chi connectivity index (χ1n) is 4.77. The van der Waals surface area contributed by atoms with Gasteiger partial charge in [-0.05, 0) is 50.1 Å². The number of anilines is 2. The van der Waals surface area contributed by atoms with E-state index in [9.17, 15) is 0 Å². The second-order valence-electron chi connectivity index (χ2n) is 3.20. The van der Waals surface area contributed by atoms with E-state index >= 15 is 0 Å². The Morgan fingerprint density at radius 1 is 1.18 bits per heavy atom. The SMILES string of the molecule is COc1ccc(Nc2cc(Br)ncn2)cc1Br. The summed E-state index contributed by atoms with van der Waals surface area (Å²) >= 11 is 6.72. The topological polar surface area (TPSA) is 47.0 Å². The van der Waals surface area contributed by atoms with Crippen LogP contribution in [0.4, 0.5) is 11.5 Å². The van der Waals surface area contributed by atoms with Gasteiger partial charge in [-0.25, -0.2) is 9.97 Å². The van der Waals surface area contributed by atoms with E-state index in [2.05, 4.69) is 47.1 Å². The van der Waals surface area contributed by atoms with Crippen molar-refractivity contribution in [3.8, 4) is 5.75 Å². The van der Waals surface area contributed by atoms with Crippen molar-refractivity contribution >= 4 is 43.4 Å². The van der Waals surface area contributed by atoms with Crippen LogP contribution in [0.25, 0.3) is 0 Å². The van der Waals surface area contributed by atoms with Gasteiger partial charge in [0.05, 0.1) is 11.6 Å². The second-order valence-corrected chi connectivity index (χ2v) is 4.87. The molecule has 4 nitrogen and oxygen atoms in total.